The maximum absolute atomic E-state index is 11.3. The Balaban J connectivity index is 2.14. The van der Waals surface area contributed by atoms with Crippen molar-refractivity contribution in [1.29, 1.82) is 0 Å². The van der Waals surface area contributed by atoms with Crippen molar-refractivity contribution in [2.24, 2.45) is 5.92 Å². The first-order valence-corrected chi connectivity index (χ1v) is 4.15. The second-order valence-corrected chi connectivity index (χ2v) is 3.33. The van der Waals surface area contributed by atoms with E-state index in [4.69, 9.17) is 0 Å². The summed E-state index contributed by atoms with van der Waals surface area (Å²) in [6.07, 6.45) is 4.54. The van der Waals surface area contributed by atoms with Crippen molar-refractivity contribution in [3.05, 3.63) is 0 Å². The Bertz CT molecular complexity index is 139. The lowest BCUT2D eigenvalue weighted by Gasteiger charge is -2.06. The number of Topliss-reactive ketones (excluding diaryl/α,β-unsaturated/α-hetero) is 1. The van der Waals surface area contributed by atoms with Crippen molar-refractivity contribution in [3.63, 3.8) is 0 Å². The SMILES string of the molecule is O=C1C2CCCNC1CC2. The molecule has 1 heterocycles. The summed E-state index contributed by atoms with van der Waals surface area (Å²) >= 11 is 0. The highest BCUT2D eigenvalue weighted by atomic mass is 16.1. The number of hydrogen-bond acceptors (Lipinski definition) is 2. The van der Waals surface area contributed by atoms with Crippen LogP contribution in [0.4, 0.5) is 0 Å². The van der Waals surface area contributed by atoms with E-state index < -0.39 is 0 Å². The smallest absolute Gasteiger partial charge is 0.152 e. The van der Waals surface area contributed by atoms with Crippen LogP contribution >= 0.6 is 0 Å². The molecule has 0 aromatic carbocycles. The van der Waals surface area contributed by atoms with Gasteiger partial charge in [-0.15, -0.1) is 0 Å². The van der Waals surface area contributed by atoms with Crippen molar-refractivity contribution < 1.29 is 4.79 Å². The van der Waals surface area contributed by atoms with Gasteiger partial charge in [0.25, 0.3) is 0 Å². The molecule has 2 heteroatoms. The Labute approximate surface area is 61.0 Å². The predicted octanol–water partition coefficient (Wildman–Crippen LogP) is 0.718. The Morgan fingerprint density at radius 3 is 3.10 bits per heavy atom. The fourth-order valence-corrected chi connectivity index (χ4v) is 2.05. The van der Waals surface area contributed by atoms with Gasteiger partial charge in [0, 0.05) is 5.92 Å². The molecule has 1 saturated carbocycles. The van der Waals surface area contributed by atoms with Crippen LogP contribution in [0.15, 0.2) is 0 Å². The minimum absolute atomic E-state index is 0.229. The van der Waals surface area contributed by atoms with Crippen LogP contribution in [0.25, 0.3) is 0 Å². The highest BCUT2D eigenvalue weighted by molar-refractivity contribution is 5.88. The Morgan fingerprint density at radius 1 is 1.30 bits per heavy atom. The fraction of sp³-hybridized carbons (Fsp3) is 0.875. The van der Waals surface area contributed by atoms with Crippen LogP contribution in [-0.2, 0) is 4.79 Å². The normalized spacial score (nSPS) is 39.8. The Morgan fingerprint density at radius 2 is 2.20 bits per heavy atom. The molecule has 1 N–H and O–H groups in total. The van der Waals surface area contributed by atoms with E-state index in [1.807, 2.05) is 0 Å². The van der Waals surface area contributed by atoms with Crippen LogP contribution in [0, 0.1) is 5.92 Å². The summed E-state index contributed by atoms with van der Waals surface area (Å²) in [4.78, 5) is 11.3. The van der Waals surface area contributed by atoms with Crippen molar-refractivity contribution in [1.82, 2.24) is 5.32 Å². The van der Waals surface area contributed by atoms with Gasteiger partial charge in [0.05, 0.1) is 6.04 Å². The van der Waals surface area contributed by atoms with Gasteiger partial charge in [-0.2, -0.15) is 0 Å². The number of fused-ring (bicyclic) bond motifs is 2. The topological polar surface area (TPSA) is 29.1 Å². The van der Waals surface area contributed by atoms with Gasteiger partial charge in [-0.05, 0) is 32.2 Å². The molecule has 0 aromatic rings. The molecule has 2 rings (SSSR count). The van der Waals surface area contributed by atoms with Crippen LogP contribution < -0.4 is 5.32 Å². The molecule has 0 aromatic heterocycles. The summed E-state index contributed by atoms with van der Waals surface area (Å²) in [6.45, 7) is 1.05. The van der Waals surface area contributed by atoms with Gasteiger partial charge in [0.2, 0.25) is 0 Å². The van der Waals surface area contributed by atoms with E-state index in [0.717, 1.165) is 25.8 Å². The zero-order chi connectivity index (χ0) is 6.97. The monoisotopic (exact) mass is 139 g/mol. The molecule has 0 spiro atoms. The molecule has 0 amide bonds. The van der Waals surface area contributed by atoms with Crippen LogP contribution in [0.5, 0.6) is 0 Å². The molecular weight excluding hydrogens is 126 g/mol. The molecular formula is C8H13NO. The summed E-state index contributed by atoms with van der Waals surface area (Å²) in [5.41, 5.74) is 0. The molecule has 1 saturated heterocycles. The largest absolute Gasteiger partial charge is 0.307 e. The minimum Gasteiger partial charge on any atom is -0.307 e. The van der Waals surface area contributed by atoms with E-state index in [1.54, 1.807) is 0 Å². The number of rotatable bonds is 0. The average molecular weight is 139 g/mol. The number of hydrogen-bond donors (Lipinski definition) is 1. The minimum atomic E-state index is 0.229. The summed E-state index contributed by atoms with van der Waals surface area (Å²) in [5, 5.41) is 3.27. The molecule has 56 valence electrons. The molecule has 2 unspecified atom stereocenters. The Kier molecular flexibility index (Phi) is 1.49. The van der Waals surface area contributed by atoms with Gasteiger partial charge in [-0.1, -0.05) is 0 Å². The summed E-state index contributed by atoms with van der Waals surface area (Å²) in [5.74, 6) is 0.900. The van der Waals surface area contributed by atoms with Crippen molar-refractivity contribution >= 4 is 5.78 Å². The summed E-state index contributed by atoms with van der Waals surface area (Å²) < 4.78 is 0. The highest BCUT2D eigenvalue weighted by Gasteiger charge is 2.34. The third-order valence-electron chi connectivity index (χ3n) is 2.67. The number of carbonyl (C=O) groups is 1. The quantitative estimate of drug-likeness (QED) is 0.535. The molecule has 2 bridgehead atoms. The molecule has 2 nitrogen and oxygen atoms in total. The van der Waals surface area contributed by atoms with E-state index in [0.29, 0.717) is 11.7 Å². The lowest BCUT2D eigenvalue weighted by molar-refractivity contribution is -0.122. The van der Waals surface area contributed by atoms with Gasteiger partial charge < -0.3 is 5.32 Å². The maximum atomic E-state index is 11.3. The third-order valence-corrected chi connectivity index (χ3v) is 2.67. The van der Waals surface area contributed by atoms with Crippen LogP contribution in [0.3, 0.4) is 0 Å². The molecule has 2 aliphatic rings. The zero-order valence-corrected chi connectivity index (χ0v) is 6.10. The highest BCUT2D eigenvalue weighted by Crippen LogP contribution is 2.27. The van der Waals surface area contributed by atoms with Crippen LogP contribution in [0.1, 0.15) is 25.7 Å². The molecule has 2 fully saturated rings. The van der Waals surface area contributed by atoms with Crippen LogP contribution in [0.2, 0.25) is 0 Å². The average Bonchev–Trinajstić information content (AvgIpc) is 2.06. The first kappa shape index (κ1) is 6.35. The number of ketones is 1. The molecule has 0 radical (unpaired) electrons. The van der Waals surface area contributed by atoms with E-state index >= 15 is 0 Å². The maximum Gasteiger partial charge on any atom is 0.152 e. The molecule has 1 aliphatic carbocycles. The number of carbonyl (C=O) groups excluding carboxylic acids is 1. The summed E-state index contributed by atoms with van der Waals surface area (Å²) in [7, 11) is 0. The fourth-order valence-electron chi connectivity index (χ4n) is 2.05. The lowest BCUT2D eigenvalue weighted by atomic mass is 10.0. The van der Waals surface area contributed by atoms with Crippen LogP contribution in [-0.4, -0.2) is 18.4 Å². The van der Waals surface area contributed by atoms with Gasteiger partial charge in [0.1, 0.15) is 0 Å². The first-order chi connectivity index (χ1) is 4.88. The van der Waals surface area contributed by atoms with Gasteiger partial charge in [0.15, 0.2) is 5.78 Å². The van der Waals surface area contributed by atoms with Gasteiger partial charge >= 0.3 is 0 Å². The molecule has 1 aliphatic heterocycles. The van der Waals surface area contributed by atoms with E-state index in [1.165, 1.54) is 6.42 Å². The lowest BCUT2D eigenvalue weighted by Crippen LogP contribution is -2.32. The molecule has 10 heavy (non-hydrogen) atoms. The van der Waals surface area contributed by atoms with Gasteiger partial charge in [-0.3, -0.25) is 4.79 Å². The van der Waals surface area contributed by atoms with E-state index in [9.17, 15) is 4.79 Å². The van der Waals surface area contributed by atoms with Gasteiger partial charge in [-0.25, -0.2) is 0 Å². The predicted molar refractivity (Wildman–Crippen MR) is 38.8 cm³/mol. The van der Waals surface area contributed by atoms with E-state index in [-0.39, 0.29) is 6.04 Å². The zero-order valence-electron chi connectivity index (χ0n) is 6.10. The first-order valence-electron chi connectivity index (χ1n) is 4.15. The van der Waals surface area contributed by atoms with Crippen molar-refractivity contribution in [2.45, 2.75) is 31.7 Å². The number of nitrogens with one attached hydrogen (secondary N) is 1. The molecule has 2 atom stereocenters. The second-order valence-electron chi connectivity index (χ2n) is 3.33. The van der Waals surface area contributed by atoms with Crippen molar-refractivity contribution in [2.75, 3.05) is 6.54 Å². The Hall–Kier alpha value is -0.370. The standard InChI is InChI=1S/C8H13NO/c10-8-6-2-1-5-9-7(8)4-3-6/h6-7,9H,1-5H2. The van der Waals surface area contributed by atoms with E-state index in [2.05, 4.69) is 5.32 Å². The summed E-state index contributed by atoms with van der Waals surface area (Å²) in [6, 6.07) is 0.229. The van der Waals surface area contributed by atoms with Crippen molar-refractivity contribution in [3.8, 4) is 0 Å². The third kappa shape index (κ3) is 0.870. The second kappa shape index (κ2) is 2.35.